The van der Waals surface area contributed by atoms with Gasteiger partial charge < -0.3 is 19.7 Å². The van der Waals surface area contributed by atoms with Gasteiger partial charge >= 0.3 is 0 Å². The van der Waals surface area contributed by atoms with Gasteiger partial charge in [0.15, 0.2) is 0 Å². The first-order valence-electron chi connectivity index (χ1n) is 8.68. The topological polar surface area (TPSA) is 83.6 Å². The second-order valence-electron chi connectivity index (χ2n) is 5.70. The van der Waals surface area contributed by atoms with E-state index >= 15 is 0 Å². The number of hydrogen-bond acceptors (Lipinski definition) is 6. The second kappa shape index (κ2) is 12.7. The molecule has 0 heterocycles. The third kappa shape index (κ3) is 8.52. The first-order valence-corrected chi connectivity index (χ1v) is 10.3. The molecule has 2 N–H and O–H groups in total. The number of ether oxygens (including phenoxy) is 2. The van der Waals surface area contributed by atoms with Crippen molar-refractivity contribution in [1.82, 2.24) is 0 Å². The van der Waals surface area contributed by atoms with Crippen molar-refractivity contribution >= 4 is 44.3 Å². The predicted molar refractivity (Wildman–Crippen MR) is 118 cm³/mol. The number of nitrogens with zero attached hydrogens (tertiary/aromatic N) is 2. The molecule has 0 aliphatic carbocycles. The summed E-state index contributed by atoms with van der Waals surface area (Å²) in [5, 5.41) is 19.4. The molecular weight excluding hydrogens is 492 g/mol. The molecule has 2 aromatic rings. The molecular formula is C20H22Br2N2O4. The van der Waals surface area contributed by atoms with Crippen LogP contribution in [0.25, 0.3) is 0 Å². The van der Waals surface area contributed by atoms with Crippen LogP contribution >= 0.6 is 31.9 Å². The van der Waals surface area contributed by atoms with Crippen LogP contribution in [-0.4, -0.2) is 62.2 Å². The van der Waals surface area contributed by atoms with E-state index in [0.717, 1.165) is 8.95 Å². The number of hydrogen-bond donors (Lipinski definition) is 2. The number of phenolic OH excluding ortho intramolecular Hbond substituents is 2. The van der Waals surface area contributed by atoms with Crippen LogP contribution in [0.2, 0.25) is 0 Å². The van der Waals surface area contributed by atoms with Crippen molar-refractivity contribution in [2.45, 2.75) is 0 Å². The molecule has 0 radical (unpaired) electrons. The van der Waals surface area contributed by atoms with Gasteiger partial charge in [0, 0.05) is 32.5 Å². The Kier molecular flexibility index (Phi) is 10.2. The minimum absolute atomic E-state index is 0.194. The monoisotopic (exact) mass is 512 g/mol. The summed E-state index contributed by atoms with van der Waals surface area (Å²) in [7, 11) is 0. The third-order valence-corrected chi connectivity index (χ3v) is 4.53. The van der Waals surface area contributed by atoms with Gasteiger partial charge in [0.05, 0.1) is 39.5 Å². The summed E-state index contributed by atoms with van der Waals surface area (Å²) in [5.74, 6) is 0.387. The van der Waals surface area contributed by atoms with Crippen LogP contribution in [0, 0.1) is 0 Å². The molecule has 0 aromatic heterocycles. The molecule has 8 heteroatoms. The number of benzene rings is 2. The van der Waals surface area contributed by atoms with E-state index in [1.54, 1.807) is 48.8 Å². The largest absolute Gasteiger partial charge is 0.507 e. The lowest BCUT2D eigenvalue weighted by Gasteiger charge is -2.04. The molecule has 0 saturated carbocycles. The Morgan fingerprint density at radius 1 is 0.714 bits per heavy atom. The molecule has 28 heavy (non-hydrogen) atoms. The SMILES string of the molecule is Oc1ccc(Br)cc1C=NCCOCCOCCN=Cc1cc(Br)ccc1O. The van der Waals surface area contributed by atoms with Crippen LogP contribution in [0.3, 0.4) is 0 Å². The third-order valence-electron chi connectivity index (χ3n) is 3.54. The van der Waals surface area contributed by atoms with Gasteiger partial charge in [-0.15, -0.1) is 0 Å². The van der Waals surface area contributed by atoms with Crippen molar-refractivity contribution in [2.75, 3.05) is 39.5 Å². The zero-order valence-electron chi connectivity index (χ0n) is 15.2. The molecule has 6 nitrogen and oxygen atoms in total. The number of halogens is 2. The van der Waals surface area contributed by atoms with Crippen LogP contribution in [0.15, 0.2) is 55.3 Å². The van der Waals surface area contributed by atoms with Crippen LogP contribution < -0.4 is 0 Å². The first kappa shape index (κ1) is 22.5. The first-order chi connectivity index (χ1) is 13.6. The molecule has 0 bridgehead atoms. The van der Waals surface area contributed by atoms with Crippen molar-refractivity contribution in [3.63, 3.8) is 0 Å². The van der Waals surface area contributed by atoms with Crippen molar-refractivity contribution in [2.24, 2.45) is 9.98 Å². The summed E-state index contributed by atoms with van der Waals surface area (Å²) in [5.41, 5.74) is 1.32. The fraction of sp³-hybridized carbons (Fsp3) is 0.300. The molecule has 0 aliphatic heterocycles. The Morgan fingerprint density at radius 2 is 1.14 bits per heavy atom. The molecule has 0 saturated heterocycles. The van der Waals surface area contributed by atoms with Crippen LogP contribution in [-0.2, 0) is 9.47 Å². The average Bonchev–Trinajstić information content (AvgIpc) is 2.67. The van der Waals surface area contributed by atoms with E-state index < -0.39 is 0 Å². The van der Waals surface area contributed by atoms with Gasteiger partial charge in [0.1, 0.15) is 11.5 Å². The van der Waals surface area contributed by atoms with Gasteiger partial charge in [-0.2, -0.15) is 0 Å². The normalized spacial score (nSPS) is 11.6. The number of phenols is 2. The zero-order chi connectivity index (χ0) is 20.2. The minimum Gasteiger partial charge on any atom is -0.507 e. The molecule has 0 atom stereocenters. The Balaban J connectivity index is 1.51. The molecule has 0 aliphatic rings. The van der Waals surface area contributed by atoms with E-state index in [9.17, 15) is 10.2 Å². The maximum Gasteiger partial charge on any atom is 0.124 e. The average molecular weight is 514 g/mol. The van der Waals surface area contributed by atoms with Crippen molar-refractivity contribution in [3.8, 4) is 11.5 Å². The maximum atomic E-state index is 9.70. The summed E-state index contributed by atoms with van der Waals surface area (Å²) in [6.07, 6.45) is 3.25. The van der Waals surface area contributed by atoms with Crippen LogP contribution in [0.4, 0.5) is 0 Å². The van der Waals surface area contributed by atoms with Crippen LogP contribution in [0.1, 0.15) is 11.1 Å². The quantitative estimate of drug-likeness (QED) is 0.348. The van der Waals surface area contributed by atoms with Gasteiger partial charge in [-0.05, 0) is 36.4 Å². The Hall–Kier alpha value is -1.74. The molecule has 0 fully saturated rings. The van der Waals surface area contributed by atoms with Gasteiger partial charge in [0.25, 0.3) is 0 Å². The summed E-state index contributed by atoms with van der Waals surface area (Å²) in [6, 6.07) is 10.4. The smallest absolute Gasteiger partial charge is 0.124 e. The van der Waals surface area contributed by atoms with Gasteiger partial charge in [0.2, 0.25) is 0 Å². The molecule has 150 valence electrons. The Morgan fingerprint density at radius 3 is 1.57 bits per heavy atom. The van der Waals surface area contributed by atoms with E-state index in [2.05, 4.69) is 41.8 Å². The standard InChI is InChI=1S/C20H22Br2N2O4/c21-17-1-3-19(25)15(11-17)13-23-5-7-27-9-10-28-8-6-24-14-16-12-18(22)2-4-20(16)26/h1-4,11-14,25-26H,5-10H2. The highest BCUT2D eigenvalue weighted by molar-refractivity contribution is 9.10. The summed E-state index contributed by atoms with van der Waals surface area (Å²) >= 11 is 6.71. The van der Waals surface area contributed by atoms with Crippen molar-refractivity contribution in [1.29, 1.82) is 0 Å². The van der Waals surface area contributed by atoms with E-state index in [4.69, 9.17) is 9.47 Å². The van der Waals surface area contributed by atoms with Gasteiger partial charge in [-0.3, -0.25) is 9.98 Å². The lowest BCUT2D eigenvalue weighted by Crippen LogP contribution is -2.08. The highest BCUT2D eigenvalue weighted by Crippen LogP contribution is 2.20. The molecule has 0 unspecified atom stereocenters. The molecule has 0 amide bonds. The molecule has 2 aromatic carbocycles. The highest BCUT2D eigenvalue weighted by Gasteiger charge is 1.99. The summed E-state index contributed by atoms with van der Waals surface area (Å²) in [6.45, 7) is 2.93. The molecule has 2 rings (SSSR count). The second-order valence-corrected chi connectivity index (χ2v) is 7.53. The number of rotatable bonds is 11. The Bertz CT molecular complexity index is 745. The fourth-order valence-corrected chi connectivity index (χ4v) is 2.90. The van der Waals surface area contributed by atoms with E-state index in [-0.39, 0.29) is 11.5 Å². The number of aliphatic imine (C=N–C) groups is 2. The van der Waals surface area contributed by atoms with Gasteiger partial charge in [-0.1, -0.05) is 31.9 Å². The van der Waals surface area contributed by atoms with Gasteiger partial charge in [-0.25, -0.2) is 0 Å². The minimum atomic E-state index is 0.194. The summed E-state index contributed by atoms with van der Waals surface area (Å²) in [4.78, 5) is 8.46. The van der Waals surface area contributed by atoms with E-state index in [1.807, 2.05) is 0 Å². The zero-order valence-corrected chi connectivity index (χ0v) is 18.4. The maximum absolute atomic E-state index is 9.70. The van der Waals surface area contributed by atoms with Crippen LogP contribution in [0.5, 0.6) is 11.5 Å². The number of aromatic hydroxyl groups is 2. The van der Waals surface area contributed by atoms with Crippen molar-refractivity contribution in [3.05, 3.63) is 56.5 Å². The Labute approximate surface area is 181 Å². The predicted octanol–water partition coefficient (Wildman–Crippen LogP) is 4.19. The fourth-order valence-electron chi connectivity index (χ4n) is 2.14. The van der Waals surface area contributed by atoms with E-state index in [0.29, 0.717) is 50.6 Å². The molecule has 0 spiro atoms. The lowest BCUT2D eigenvalue weighted by molar-refractivity contribution is 0.0541. The lowest BCUT2D eigenvalue weighted by atomic mass is 10.2. The summed E-state index contributed by atoms with van der Waals surface area (Å²) < 4.78 is 12.7. The highest BCUT2D eigenvalue weighted by atomic mass is 79.9. The van der Waals surface area contributed by atoms with Crippen molar-refractivity contribution < 1.29 is 19.7 Å². The van der Waals surface area contributed by atoms with E-state index in [1.165, 1.54) is 0 Å².